The number of rotatable bonds is 4. The minimum absolute atomic E-state index is 0.102. The normalized spacial score (nSPS) is 14.9. The molecule has 1 aliphatic heterocycles. The minimum Gasteiger partial charge on any atom is -0.396 e. The maximum Gasteiger partial charge on any atom is 0.243 e. The third-order valence-electron chi connectivity index (χ3n) is 4.53. The van der Waals surface area contributed by atoms with E-state index in [1.807, 2.05) is 38.1 Å². The van der Waals surface area contributed by atoms with Crippen molar-refractivity contribution in [2.45, 2.75) is 38.3 Å². The van der Waals surface area contributed by atoms with Gasteiger partial charge in [-0.2, -0.15) is 4.31 Å². The van der Waals surface area contributed by atoms with Crippen LogP contribution in [0.25, 0.3) is 0 Å². The zero-order valence-corrected chi connectivity index (χ0v) is 14.2. The van der Waals surface area contributed by atoms with Crippen LogP contribution in [0.1, 0.15) is 27.8 Å². The van der Waals surface area contributed by atoms with Gasteiger partial charge < -0.3 is 5.11 Å². The van der Waals surface area contributed by atoms with Crippen LogP contribution in [0, 0.1) is 13.8 Å². The Hall–Kier alpha value is -1.69. The van der Waals surface area contributed by atoms with Gasteiger partial charge >= 0.3 is 0 Å². The summed E-state index contributed by atoms with van der Waals surface area (Å²) in [6, 6.07) is 10.9. The third-order valence-corrected chi connectivity index (χ3v) is 6.33. The highest BCUT2D eigenvalue weighted by Crippen LogP contribution is 2.32. The van der Waals surface area contributed by atoms with Crippen molar-refractivity contribution in [3.8, 4) is 0 Å². The van der Waals surface area contributed by atoms with Crippen molar-refractivity contribution >= 4 is 10.0 Å². The minimum atomic E-state index is -3.48. The predicted molar refractivity (Wildman–Crippen MR) is 89.6 cm³/mol. The van der Waals surface area contributed by atoms with Crippen LogP contribution in [-0.4, -0.2) is 24.4 Å². The molecule has 2 aromatic rings. The number of fused-ring (bicyclic) bond motifs is 1. The summed E-state index contributed by atoms with van der Waals surface area (Å²) in [5.41, 5.74) is 5.35. The molecule has 0 saturated carbocycles. The molecule has 0 unspecified atom stereocenters. The van der Waals surface area contributed by atoms with E-state index in [9.17, 15) is 8.42 Å². The largest absolute Gasteiger partial charge is 0.396 e. The number of aryl methyl sites for hydroxylation is 1. The van der Waals surface area contributed by atoms with Gasteiger partial charge in [-0.25, -0.2) is 8.42 Å². The van der Waals surface area contributed by atoms with Gasteiger partial charge in [-0.05, 0) is 54.7 Å². The molecule has 1 N–H and O–H groups in total. The molecule has 0 amide bonds. The van der Waals surface area contributed by atoms with Crippen molar-refractivity contribution in [1.29, 1.82) is 0 Å². The Balaban J connectivity index is 1.92. The smallest absolute Gasteiger partial charge is 0.243 e. The van der Waals surface area contributed by atoms with E-state index in [1.54, 1.807) is 12.1 Å². The van der Waals surface area contributed by atoms with Gasteiger partial charge in [0.05, 0.1) is 4.90 Å². The molecule has 4 nitrogen and oxygen atoms in total. The van der Waals surface area contributed by atoms with Gasteiger partial charge in [0.1, 0.15) is 0 Å². The van der Waals surface area contributed by atoms with E-state index in [0.717, 1.165) is 27.8 Å². The van der Waals surface area contributed by atoms with E-state index < -0.39 is 10.0 Å². The number of nitrogens with zero attached hydrogens (tertiary/aromatic N) is 1. The van der Waals surface area contributed by atoms with Crippen LogP contribution in [0.3, 0.4) is 0 Å². The van der Waals surface area contributed by atoms with Gasteiger partial charge in [-0.15, -0.1) is 0 Å². The fraction of sp³-hybridized carbons (Fsp3) is 0.333. The lowest BCUT2D eigenvalue weighted by atomic mass is 9.97. The molecule has 0 bridgehead atoms. The summed E-state index contributed by atoms with van der Waals surface area (Å²) in [5.74, 6) is 0. The van der Waals surface area contributed by atoms with E-state index in [0.29, 0.717) is 24.4 Å². The first kappa shape index (κ1) is 16.2. The number of hydrogen-bond donors (Lipinski definition) is 1. The Morgan fingerprint density at radius 1 is 1.04 bits per heavy atom. The molecule has 0 spiro atoms. The van der Waals surface area contributed by atoms with Crippen LogP contribution < -0.4 is 0 Å². The summed E-state index contributed by atoms with van der Waals surface area (Å²) in [6.45, 7) is 4.85. The Kier molecular flexibility index (Phi) is 4.27. The summed E-state index contributed by atoms with van der Waals surface area (Å²) >= 11 is 0. The highest BCUT2D eigenvalue weighted by molar-refractivity contribution is 7.89. The number of sulfonamides is 1. The molecular formula is C18H21NO3S. The lowest BCUT2D eigenvalue weighted by Crippen LogP contribution is -2.25. The van der Waals surface area contributed by atoms with E-state index in [1.165, 1.54) is 4.31 Å². The first-order chi connectivity index (χ1) is 10.9. The number of benzene rings is 2. The van der Waals surface area contributed by atoms with E-state index in [4.69, 9.17) is 5.11 Å². The van der Waals surface area contributed by atoms with Crippen LogP contribution in [0.5, 0.6) is 0 Å². The standard InChI is InChI=1S/C18H21NO3S/c1-13-3-7-17(8-4-13)23(21,22)19-11-16-6-5-15(9-10-20)14(2)18(16)12-19/h3-8,20H,9-12H2,1-2H3. The highest BCUT2D eigenvalue weighted by Gasteiger charge is 2.31. The Bertz CT molecular complexity index is 826. The Morgan fingerprint density at radius 2 is 1.74 bits per heavy atom. The summed E-state index contributed by atoms with van der Waals surface area (Å²) < 4.78 is 27.2. The van der Waals surface area contributed by atoms with Crippen molar-refractivity contribution in [3.05, 3.63) is 64.2 Å². The molecule has 0 aliphatic carbocycles. The highest BCUT2D eigenvalue weighted by atomic mass is 32.2. The van der Waals surface area contributed by atoms with E-state index in [2.05, 4.69) is 0 Å². The molecule has 0 radical (unpaired) electrons. The van der Waals surface area contributed by atoms with Crippen molar-refractivity contribution in [3.63, 3.8) is 0 Å². The second-order valence-electron chi connectivity index (χ2n) is 6.05. The summed E-state index contributed by atoms with van der Waals surface area (Å²) in [7, 11) is -3.48. The van der Waals surface area contributed by atoms with Crippen LogP contribution >= 0.6 is 0 Å². The molecule has 122 valence electrons. The molecule has 3 rings (SSSR count). The van der Waals surface area contributed by atoms with Crippen molar-refractivity contribution < 1.29 is 13.5 Å². The first-order valence-corrected chi connectivity index (χ1v) is 9.15. The molecule has 0 atom stereocenters. The molecule has 1 heterocycles. The van der Waals surface area contributed by atoms with Gasteiger partial charge in [0.25, 0.3) is 0 Å². The van der Waals surface area contributed by atoms with Crippen molar-refractivity contribution in [2.75, 3.05) is 6.61 Å². The lowest BCUT2D eigenvalue weighted by Gasteiger charge is -2.16. The van der Waals surface area contributed by atoms with Gasteiger partial charge in [0.2, 0.25) is 10.0 Å². The summed E-state index contributed by atoms with van der Waals surface area (Å²) in [5, 5.41) is 9.14. The van der Waals surface area contributed by atoms with Crippen molar-refractivity contribution in [2.24, 2.45) is 0 Å². The van der Waals surface area contributed by atoms with Crippen LogP contribution in [0.15, 0.2) is 41.3 Å². The topological polar surface area (TPSA) is 57.6 Å². The van der Waals surface area contributed by atoms with E-state index >= 15 is 0 Å². The second-order valence-corrected chi connectivity index (χ2v) is 7.99. The SMILES string of the molecule is Cc1ccc(S(=O)(=O)N2Cc3ccc(CCO)c(C)c3C2)cc1. The summed E-state index contributed by atoms with van der Waals surface area (Å²) in [4.78, 5) is 0.337. The predicted octanol–water partition coefficient (Wildman–Crippen LogP) is 2.54. The van der Waals surface area contributed by atoms with Gasteiger partial charge in [0, 0.05) is 19.7 Å². The van der Waals surface area contributed by atoms with Gasteiger partial charge in [0.15, 0.2) is 0 Å². The number of hydrogen-bond acceptors (Lipinski definition) is 3. The average Bonchev–Trinajstić information content (AvgIpc) is 2.96. The number of aliphatic hydroxyl groups is 1. The molecule has 23 heavy (non-hydrogen) atoms. The quantitative estimate of drug-likeness (QED) is 0.937. The fourth-order valence-electron chi connectivity index (χ4n) is 3.07. The Morgan fingerprint density at radius 3 is 2.39 bits per heavy atom. The van der Waals surface area contributed by atoms with Crippen LogP contribution in [0.2, 0.25) is 0 Å². The molecule has 0 saturated heterocycles. The molecule has 0 aromatic heterocycles. The van der Waals surface area contributed by atoms with Gasteiger partial charge in [-0.1, -0.05) is 29.8 Å². The van der Waals surface area contributed by atoms with E-state index in [-0.39, 0.29) is 6.61 Å². The lowest BCUT2D eigenvalue weighted by molar-refractivity contribution is 0.299. The maximum atomic E-state index is 12.8. The van der Waals surface area contributed by atoms with Crippen LogP contribution in [-0.2, 0) is 29.5 Å². The fourth-order valence-corrected chi connectivity index (χ4v) is 4.46. The average molecular weight is 331 g/mol. The second kappa shape index (κ2) is 6.07. The first-order valence-electron chi connectivity index (χ1n) is 7.71. The Labute approximate surface area is 137 Å². The molecule has 1 aliphatic rings. The zero-order chi connectivity index (χ0) is 16.6. The monoisotopic (exact) mass is 331 g/mol. The summed E-state index contributed by atoms with van der Waals surface area (Å²) in [6.07, 6.45) is 0.601. The van der Waals surface area contributed by atoms with Gasteiger partial charge in [-0.3, -0.25) is 0 Å². The third kappa shape index (κ3) is 2.92. The van der Waals surface area contributed by atoms with Crippen molar-refractivity contribution in [1.82, 2.24) is 4.31 Å². The molecule has 0 fully saturated rings. The number of aliphatic hydroxyl groups excluding tert-OH is 1. The molecular weight excluding hydrogens is 310 g/mol. The molecule has 2 aromatic carbocycles. The molecule has 5 heteroatoms. The zero-order valence-electron chi connectivity index (χ0n) is 13.4. The maximum absolute atomic E-state index is 12.8. The van der Waals surface area contributed by atoms with Crippen LogP contribution in [0.4, 0.5) is 0 Å².